The van der Waals surface area contributed by atoms with E-state index in [1.54, 1.807) is 25.1 Å². The van der Waals surface area contributed by atoms with Crippen LogP contribution in [0.3, 0.4) is 0 Å². The van der Waals surface area contributed by atoms with E-state index in [1.165, 1.54) is 29.2 Å². The zero-order valence-electron chi connectivity index (χ0n) is 20.0. The van der Waals surface area contributed by atoms with Gasteiger partial charge >= 0.3 is 0 Å². The zero-order chi connectivity index (χ0) is 25.2. The molecule has 1 N–H and O–H groups in total. The van der Waals surface area contributed by atoms with Crippen molar-refractivity contribution in [2.45, 2.75) is 32.9 Å². The van der Waals surface area contributed by atoms with Gasteiger partial charge in [0.15, 0.2) is 0 Å². The van der Waals surface area contributed by atoms with Gasteiger partial charge in [-0.3, -0.25) is 19.7 Å². The molecule has 34 heavy (non-hydrogen) atoms. The summed E-state index contributed by atoms with van der Waals surface area (Å²) in [4.78, 5) is 39.0. The molecule has 1 amide bonds. The molecule has 1 unspecified atom stereocenters. The summed E-state index contributed by atoms with van der Waals surface area (Å²) in [5, 5.41) is 24.6. The van der Waals surface area contributed by atoms with Crippen molar-refractivity contribution >= 4 is 23.1 Å². The predicted molar refractivity (Wildman–Crippen MR) is 124 cm³/mol. The Morgan fingerprint density at radius 3 is 2.32 bits per heavy atom. The molecule has 1 heterocycles. The molecule has 1 aliphatic heterocycles. The topological polar surface area (TPSA) is 117 Å². The average Bonchev–Trinajstić information content (AvgIpc) is 3.03. The number of nitro benzene ring substituents is 1. The van der Waals surface area contributed by atoms with Crippen molar-refractivity contribution in [2.24, 2.45) is 0 Å². The summed E-state index contributed by atoms with van der Waals surface area (Å²) in [7, 11) is 3.84. The molecule has 0 bridgehead atoms. The van der Waals surface area contributed by atoms with E-state index in [1.807, 2.05) is 27.9 Å². The number of nitro groups is 1. The highest BCUT2D eigenvalue weighted by molar-refractivity contribution is 6.46. The fourth-order valence-electron chi connectivity index (χ4n) is 3.90. The van der Waals surface area contributed by atoms with Crippen molar-refractivity contribution in [1.82, 2.24) is 4.90 Å². The Balaban J connectivity index is 2.12. The lowest BCUT2D eigenvalue weighted by molar-refractivity contribution is -0.857. The lowest BCUT2D eigenvalue weighted by Crippen LogP contribution is -3.06. The molecule has 180 valence electrons. The minimum absolute atomic E-state index is 0.0393. The van der Waals surface area contributed by atoms with Gasteiger partial charge in [0.25, 0.3) is 11.6 Å². The second-order valence-corrected chi connectivity index (χ2v) is 8.93. The molecule has 3 rings (SSSR count). The van der Waals surface area contributed by atoms with Gasteiger partial charge in [-0.25, -0.2) is 0 Å². The Labute approximate surface area is 198 Å². The van der Waals surface area contributed by atoms with Crippen LogP contribution in [0.2, 0.25) is 0 Å². The van der Waals surface area contributed by atoms with E-state index in [0.29, 0.717) is 17.9 Å². The van der Waals surface area contributed by atoms with Gasteiger partial charge in [0.05, 0.1) is 44.3 Å². The SMILES string of the molecule is Cc1cc(/C([O-])=C2\C(=O)C(=O)N(CC[NH+](C)C)C2c2ccc([N+](=O)[O-])cc2)ccc1OC(C)C. The molecule has 9 nitrogen and oxygen atoms in total. The van der Waals surface area contributed by atoms with Crippen LogP contribution in [0, 0.1) is 17.0 Å². The van der Waals surface area contributed by atoms with Crippen molar-refractivity contribution in [1.29, 1.82) is 0 Å². The van der Waals surface area contributed by atoms with Crippen LogP contribution >= 0.6 is 0 Å². The highest BCUT2D eigenvalue weighted by Crippen LogP contribution is 2.39. The Bertz CT molecular complexity index is 1140. The summed E-state index contributed by atoms with van der Waals surface area (Å²) in [6.07, 6.45) is -0.0393. The largest absolute Gasteiger partial charge is 0.872 e. The molecular formula is C25H29N3O6. The first-order valence-corrected chi connectivity index (χ1v) is 11.1. The third-order valence-electron chi connectivity index (χ3n) is 5.60. The third kappa shape index (κ3) is 5.09. The van der Waals surface area contributed by atoms with Gasteiger partial charge in [0, 0.05) is 17.7 Å². The fraction of sp³-hybridized carbons (Fsp3) is 0.360. The lowest BCUT2D eigenvalue weighted by Gasteiger charge is -2.28. The number of ketones is 1. The minimum Gasteiger partial charge on any atom is -0.872 e. The molecule has 9 heteroatoms. The second kappa shape index (κ2) is 10.0. The molecule has 2 aromatic rings. The van der Waals surface area contributed by atoms with Crippen molar-refractivity contribution in [2.75, 3.05) is 27.2 Å². The zero-order valence-corrected chi connectivity index (χ0v) is 20.0. The summed E-state index contributed by atoms with van der Waals surface area (Å²) in [6.45, 7) is 6.42. The van der Waals surface area contributed by atoms with Crippen LogP contribution in [-0.2, 0) is 9.59 Å². The summed E-state index contributed by atoms with van der Waals surface area (Å²) in [5.41, 5.74) is 1.21. The second-order valence-electron chi connectivity index (χ2n) is 8.93. The number of nitrogens with zero attached hydrogens (tertiary/aromatic N) is 2. The van der Waals surface area contributed by atoms with E-state index >= 15 is 0 Å². The maximum atomic E-state index is 13.5. The summed E-state index contributed by atoms with van der Waals surface area (Å²) in [6, 6.07) is 9.58. The predicted octanol–water partition coefficient (Wildman–Crippen LogP) is 1.06. The van der Waals surface area contributed by atoms with E-state index in [4.69, 9.17) is 4.74 Å². The van der Waals surface area contributed by atoms with Crippen molar-refractivity contribution in [3.63, 3.8) is 0 Å². The van der Waals surface area contributed by atoms with Crippen molar-refractivity contribution < 1.29 is 29.3 Å². The third-order valence-corrected chi connectivity index (χ3v) is 5.60. The van der Waals surface area contributed by atoms with Crippen LogP contribution in [0.15, 0.2) is 48.0 Å². The average molecular weight is 468 g/mol. The molecule has 0 saturated carbocycles. The van der Waals surface area contributed by atoms with Gasteiger partial charge in [-0.1, -0.05) is 11.8 Å². The Morgan fingerprint density at radius 1 is 1.15 bits per heavy atom. The smallest absolute Gasteiger partial charge is 0.295 e. The Hall–Kier alpha value is -3.72. The number of carbonyl (C=O) groups is 2. The first-order valence-electron chi connectivity index (χ1n) is 11.1. The number of rotatable bonds is 8. The lowest BCUT2D eigenvalue weighted by atomic mass is 9.94. The van der Waals surface area contributed by atoms with Gasteiger partial charge in [0.2, 0.25) is 5.78 Å². The van der Waals surface area contributed by atoms with Crippen LogP contribution in [0.25, 0.3) is 5.76 Å². The quantitative estimate of drug-likeness (QED) is 0.204. The van der Waals surface area contributed by atoms with Gasteiger partial charge < -0.3 is 19.6 Å². The van der Waals surface area contributed by atoms with Crippen LogP contribution < -0.4 is 14.7 Å². The summed E-state index contributed by atoms with van der Waals surface area (Å²) in [5.74, 6) is -1.50. The Morgan fingerprint density at radius 2 is 1.79 bits per heavy atom. The normalized spacial score (nSPS) is 17.6. The first-order chi connectivity index (χ1) is 16.0. The number of benzene rings is 2. The van der Waals surface area contributed by atoms with E-state index in [0.717, 1.165) is 10.5 Å². The molecular weight excluding hydrogens is 438 g/mol. The summed E-state index contributed by atoms with van der Waals surface area (Å²) >= 11 is 0. The minimum atomic E-state index is -0.917. The summed E-state index contributed by atoms with van der Waals surface area (Å²) < 4.78 is 5.73. The van der Waals surface area contributed by atoms with Gasteiger partial charge in [0.1, 0.15) is 5.75 Å². The molecule has 0 aliphatic carbocycles. The number of quaternary nitrogens is 1. The maximum Gasteiger partial charge on any atom is 0.295 e. The van der Waals surface area contributed by atoms with Gasteiger partial charge in [-0.05, 0) is 61.7 Å². The number of amides is 1. The molecule has 2 aromatic carbocycles. The number of likely N-dealkylation sites (tertiary alicyclic amines) is 1. The van der Waals surface area contributed by atoms with Crippen LogP contribution in [0.5, 0.6) is 5.75 Å². The molecule has 0 radical (unpaired) electrons. The van der Waals surface area contributed by atoms with Crippen molar-refractivity contribution in [3.8, 4) is 5.75 Å². The van der Waals surface area contributed by atoms with Gasteiger partial charge in [-0.15, -0.1) is 0 Å². The van der Waals surface area contributed by atoms with Gasteiger partial charge in [-0.2, -0.15) is 0 Å². The van der Waals surface area contributed by atoms with Crippen molar-refractivity contribution in [3.05, 3.63) is 74.8 Å². The number of hydrogen-bond donors (Lipinski definition) is 1. The highest BCUT2D eigenvalue weighted by Gasteiger charge is 2.44. The molecule has 1 fully saturated rings. The number of likely N-dealkylation sites (N-methyl/N-ethyl adjacent to an activating group) is 1. The molecule has 0 spiro atoms. The van der Waals surface area contributed by atoms with E-state index in [-0.39, 0.29) is 29.5 Å². The van der Waals surface area contributed by atoms with E-state index in [2.05, 4.69) is 0 Å². The number of carbonyl (C=O) groups excluding carboxylic acids is 2. The number of nitrogens with one attached hydrogen (secondary N) is 1. The number of non-ortho nitro benzene ring substituents is 1. The van der Waals surface area contributed by atoms with Crippen LogP contribution in [0.4, 0.5) is 5.69 Å². The van der Waals surface area contributed by atoms with E-state index < -0.39 is 28.4 Å². The van der Waals surface area contributed by atoms with Crippen LogP contribution in [0.1, 0.15) is 36.6 Å². The number of hydrogen-bond acceptors (Lipinski definition) is 6. The van der Waals surface area contributed by atoms with Crippen LogP contribution in [-0.4, -0.2) is 54.8 Å². The molecule has 1 aliphatic rings. The number of ether oxygens (including phenoxy) is 1. The molecule has 1 atom stereocenters. The molecule has 1 saturated heterocycles. The monoisotopic (exact) mass is 467 g/mol. The molecule has 0 aromatic heterocycles. The highest BCUT2D eigenvalue weighted by atomic mass is 16.6. The number of Topliss-reactive ketones (excluding diaryl/α,β-unsaturated/α-hetero) is 1. The standard InChI is InChI=1S/C25H29N3O6/c1-15(2)34-20-11-8-18(14-16(20)3)23(29)21-22(17-6-9-19(10-7-17)28(32)33)27(13-12-26(4)5)25(31)24(21)30/h6-11,14-15,22,29H,12-13H2,1-5H3/b23-21+. The van der Waals surface area contributed by atoms with E-state index in [9.17, 15) is 24.8 Å². The number of aryl methyl sites for hydroxylation is 1. The maximum absolute atomic E-state index is 13.5. The fourth-order valence-corrected chi connectivity index (χ4v) is 3.90. The first kappa shape index (κ1) is 24.9. The Kier molecular flexibility index (Phi) is 7.36.